The summed E-state index contributed by atoms with van der Waals surface area (Å²) in [5, 5.41) is 5.46. The Labute approximate surface area is 211 Å². The lowest BCUT2D eigenvalue weighted by molar-refractivity contribution is 0.669. The van der Waals surface area contributed by atoms with Crippen molar-refractivity contribution in [3.8, 4) is 22.5 Å². The molecule has 0 fully saturated rings. The summed E-state index contributed by atoms with van der Waals surface area (Å²) in [6, 6.07) is 37.2. The van der Waals surface area contributed by atoms with Crippen LogP contribution in [-0.4, -0.2) is 15.0 Å². The number of pyridine rings is 3. The molecule has 4 heterocycles. The molecule has 0 amide bonds. The number of furan rings is 1. The van der Waals surface area contributed by atoms with Gasteiger partial charge in [-0.25, -0.2) is 9.97 Å². The normalized spacial score (nSPS) is 11.8. The van der Waals surface area contributed by atoms with E-state index in [1.165, 1.54) is 0 Å². The van der Waals surface area contributed by atoms with Crippen molar-refractivity contribution in [1.82, 2.24) is 15.0 Å². The first-order chi connectivity index (χ1) is 18.3. The van der Waals surface area contributed by atoms with Gasteiger partial charge in [-0.05, 0) is 30.3 Å². The summed E-state index contributed by atoms with van der Waals surface area (Å²) in [7, 11) is 0. The average Bonchev–Trinajstić information content (AvgIpc) is 3.36. The first-order valence-electron chi connectivity index (χ1n) is 12.3. The van der Waals surface area contributed by atoms with E-state index in [2.05, 4.69) is 89.9 Å². The number of nitrogens with zero attached hydrogens (tertiary/aromatic N) is 3. The lowest BCUT2D eigenvalue weighted by Gasteiger charge is -2.09. The number of fused-ring (bicyclic) bond motifs is 8. The summed E-state index contributed by atoms with van der Waals surface area (Å²) in [6.07, 6.45) is 1.82. The van der Waals surface area contributed by atoms with E-state index in [9.17, 15) is 0 Å². The van der Waals surface area contributed by atoms with Crippen LogP contribution in [0.2, 0.25) is 0 Å². The van der Waals surface area contributed by atoms with Gasteiger partial charge in [0.25, 0.3) is 0 Å². The van der Waals surface area contributed by atoms with Crippen molar-refractivity contribution in [2.45, 2.75) is 0 Å². The van der Waals surface area contributed by atoms with Gasteiger partial charge in [0.2, 0.25) is 0 Å². The van der Waals surface area contributed by atoms with Crippen molar-refractivity contribution in [1.29, 1.82) is 0 Å². The molecule has 8 aromatic rings. The molecule has 37 heavy (non-hydrogen) atoms. The van der Waals surface area contributed by atoms with Gasteiger partial charge in [0.05, 0.1) is 22.2 Å². The quantitative estimate of drug-likeness (QED) is 0.236. The van der Waals surface area contributed by atoms with Crippen LogP contribution in [0.25, 0.3) is 77.2 Å². The van der Waals surface area contributed by atoms with Crippen LogP contribution in [0.5, 0.6) is 0 Å². The van der Waals surface area contributed by atoms with E-state index in [1.54, 1.807) is 0 Å². The third kappa shape index (κ3) is 3.06. The summed E-state index contributed by atoms with van der Waals surface area (Å²) in [6.45, 7) is 0. The first-order valence-corrected chi connectivity index (χ1v) is 12.3. The highest BCUT2D eigenvalue weighted by Gasteiger charge is 2.18. The van der Waals surface area contributed by atoms with Gasteiger partial charge in [0.1, 0.15) is 11.3 Å². The second kappa shape index (κ2) is 7.70. The first kappa shape index (κ1) is 20.1. The van der Waals surface area contributed by atoms with Crippen molar-refractivity contribution in [3.05, 3.63) is 115 Å². The van der Waals surface area contributed by atoms with Crippen LogP contribution in [-0.2, 0) is 0 Å². The van der Waals surface area contributed by atoms with E-state index >= 15 is 0 Å². The molecular formula is C33H19N3O. The Morgan fingerprint density at radius 3 is 2.30 bits per heavy atom. The molecule has 0 aliphatic heterocycles. The molecule has 0 bridgehead atoms. The van der Waals surface area contributed by atoms with Crippen molar-refractivity contribution in [3.63, 3.8) is 0 Å². The molecule has 0 saturated heterocycles. The maximum atomic E-state index is 6.41. The summed E-state index contributed by atoms with van der Waals surface area (Å²) in [4.78, 5) is 14.7. The molecule has 4 aromatic heterocycles. The molecule has 0 aliphatic carbocycles. The molecular weight excluding hydrogens is 454 g/mol. The molecule has 0 N–H and O–H groups in total. The SMILES string of the molecule is c1cc(-c2ccc3ccc4cccnc4c3n2)cc(-c2nc3ccccc3c3c2oc2ccccc23)c1. The molecule has 0 unspecified atom stereocenters. The molecule has 0 aliphatic rings. The molecule has 0 spiro atoms. The maximum Gasteiger partial charge on any atom is 0.162 e. The van der Waals surface area contributed by atoms with Gasteiger partial charge in [-0.2, -0.15) is 0 Å². The molecule has 0 atom stereocenters. The summed E-state index contributed by atoms with van der Waals surface area (Å²) in [5.74, 6) is 0. The van der Waals surface area contributed by atoms with Crippen molar-refractivity contribution in [2.75, 3.05) is 0 Å². The standard InChI is InChI=1S/C33H19N3O/c1-3-12-27-24(10-1)29-25-11-2-4-13-28(25)37-33(29)32(36-27)23-8-5-7-22(19-23)26-17-16-21-15-14-20-9-6-18-34-30(20)31(21)35-26/h1-19H. The van der Waals surface area contributed by atoms with E-state index in [0.717, 1.165) is 77.2 Å². The van der Waals surface area contributed by atoms with Crippen LogP contribution in [0.4, 0.5) is 0 Å². The Morgan fingerprint density at radius 1 is 0.568 bits per heavy atom. The minimum atomic E-state index is 0.804. The Kier molecular flexibility index (Phi) is 4.19. The Balaban J connectivity index is 1.37. The Morgan fingerprint density at radius 2 is 1.35 bits per heavy atom. The number of hydrogen-bond acceptors (Lipinski definition) is 4. The van der Waals surface area contributed by atoms with E-state index in [-0.39, 0.29) is 0 Å². The lowest BCUT2D eigenvalue weighted by atomic mass is 10.0. The molecule has 172 valence electrons. The molecule has 8 rings (SSSR count). The number of benzene rings is 4. The van der Waals surface area contributed by atoms with Crippen molar-refractivity contribution in [2.24, 2.45) is 0 Å². The fourth-order valence-corrected chi connectivity index (χ4v) is 5.34. The van der Waals surface area contributed by atoms with E-state index in [1.807, 2.05) is 30.5 Å². The highest BCUT2D eigenvalue weighted by molar-refractivity contribution is 6.20. The second-order valence-electron chi connectivity index (χ2n) is 9.27. The van der Waals surface area contributed by atoms with Gasteiger partial charge in [-0.15, -0.1) is 0 Å². The molecule has 4 nitrogen and oxygen atoms in total. The average molecular weight is 474 g/mol. The molecule has 0 saturated carbocycles. The minimum Gasteiger partial charge on any atom is -0.454 e. The third-order valence-corrected chi connectivity index (χ3v) is 7.08. The Hall–Kier alpha value is -5.09. The van der Waals surface area contributed by atoms with Crippen molar-refractivity contribution < 1.29 is 4.42 Å². The smallest absolute Gasteiger partial charge is 0.162 e. The van der Waals surface area contributed by atoms with Crippen LogP contribution in [0.3, 0.4) is 0 Å². The number of aromatic nitrogens is 3. The summed E-state index contributed by atoms with van der Waals surface area (Å²) < 4.78 is 6.41. The number of para-hydroxylation sites is 2. The van der Waals surface area contributed by atoms with E-state index < -0.39 is 0 Å². The number of hydrogen-bond donors (Lipinski definition) is 0. The van der Waals surface area contributed by atoms with Crippen LogP contribution < -0.4 is 0 Å². The highest BCUT2D eigenvalue weighted by atomic mass is 16.3. The number of rotatable bonds is 2. The predicted molar refractivity (Wildman–Crippen MR) is 150 cm³/mol. The van der Waals surface area contributed by atoms with Gasteiger partial charge in [-0.1, -0.05) is 78.9 Å². The molecule has 4 aromatic carbocycles. The minimum absolute atomic E-state index is 0.804. The fourth-order valence-electron chi connectivity index (χ4n) is 5.34. The highest BCUT2D eigenvalue weighted by Crippen LogP contribution is 2.39. The topological polar surface area (TPSA) is 51.8 Å². The molecule has 4 heteroatoms. The van der Waals surface area contributed by atoms with Crippen molar-refractivity contribution >= 4 is 54.6 Å². The third-order valence-electron chi connectivity index (χ3n) is 7.08. The van der Waals surface area contributed by atoms with Crippen LogP contribution in [0.1, 0.15) is 0 Å². The van der Waals surface area contributed by atoms with Gasteiger partial charge < -0.3 is 4.42 Å². The van der Waals surface area contributed by atoms with Gasteiger partial charge in [-0.3, -0.25) is 4.98 Å². The summed E-state index contributed by atoms with van der Waals surface area (Å²) in [5.41, 5.74) is 8.18. The zero-order valence-corrected chi connectivity index (χ0v) is 19.7. The second-order valence-corrected chi connectivity index (χ2v) is 9.27. The van der Waals surface area contributed by atoms with Crippen LogP contribution in [0.15, 0.2) is 120 Å². The largest absolute Gasteiger partial charge is 0.454 e. The summed E-state index contributed by atoms with van der Waals surface area (Å²) >= 11 is 0. The maximum absolute atomic E-state index is 6.41. The zero-order valence-electron chi connectivity index (χ0n) is 19.7. The predicted octanol–water partition coefficient (Wildman–Crippen LogP) is 8.56. The lowest BCUT2D eigenvalue weighted by Crippen LogP contribution is -1.91. The van der Waals surface area contributed by atoms with E-state index in [0.29, 0.717) is 0 Å². The Bertz CT molecular complexity index is 2160. The van der Waals surface area contributed by atoms with Gasteiger partial charge >= 0.3 is 0 Å². The zero-order chi connectivity index (χ0) is 24.3. The fraction of sp³-hybridized carbons (Fsp3) is 0. The molecule has 0 radical (unpaired) electrons. The van der Waals surface area contributed by atoms with Gasteiger partial charge in [0.15, 0.2) is 5.58 Å². The van der Waals surface area contributed by atoms with E-state index in [4.69, 9.17) is 14.4 Å². The van der Waals surface area contributed by atoms with Crippen LogP contribution >= 0.6 is 0 Å². The van der Waals surface area contributed by atoms with Gasteiger partial charge in [0, 0.05) is 44.3 Å². The monoisotopic (exact) mass is 473 g/mol. The van der Waals surface area contributed by atoms with Crippen LogP contribution in [0, 0.1) is 0 Å².